The van der Waals surface area contributed by atoms with E-state index in [4.69, 9.17) is 11.6 Å². The Hall–Kier alpha value is -3.43. The van der Waals surface area contributed by atoms with Gasteiger partial charge in [-0.2, -0.15) is 0 Å². The van der Waals surface area contributed by atoms with Crippen LogP contribution in [0.3, 0.4) is 0 Å². The Morgan fingerprint density at radius 2 is 1.68 bits per heavy atom. The third-order valence-electron chi connectivity index (χ3n) is 4.51. The van der Waals surface area contributed by atoms with Crippen LogP contribution in [0.25, 0.3) is 0 Å². The van der Waals surface area contributed by atoms with Gasteiger partial charge in [0, 0.05) is 22.8 Å². The molecule has 8 nitrogen and oxygen atoms in total. The molecule has 0 fully saturated rings. The summed E-state index contributed by atoms with van der Waals surface area (Å²) in [5, 5.41) is 14.1. The third-order valence-corrected chi connectivity index (χ3v) is 6.71. The molecule has 0 aliphatic heterocycles. The third kappa shape index (κ3) is 5.01. The summed E-state index contributed by atoms with van der Waals surface area (Å²) in [7, 11) is -4.12. The van der Waals surface area contributed by atoms with E-state index in [2.05, 4.69) is 5.32 Å². The first-order valence-electron chi connectivity index (χ1n) is 9.07. The van der Waals surface area contributed by atoms with E-state index in [1.165, 1.54) is 36.4 Å². The lowest BCUT2D eigenvalue weighted by molar-refractivity contribution is -0.384. The Morgan fingerprint density at radius 3 is 2.29 bits per heavy atom. The lowest BCUT2D eigenvalue weighted by Crippen LogP contribution is -2.38. The van der Waals surface area contributed by atoms with Crippen molar-refractivity contribution >= 4 is 44.6 Å². The number of nitro benzene ring substituents is 1. The van der Waals surface area contributed by atoms with Gasteiger partial charge in [0.1, 0.15) is 6.54 Å². The molecule has 160 valence electrons. The number of anilines is 2. The number of rotatable bonds is 7. The Kier molecular flexibility index (Phi) is 6.57. The van der Waals surface area contributed by atoms with Crippen molar-refractivity contribution in [2.24, 2.45) is 0 Å². The van der Waals surface area contributed by atoms with Crippen molar-refractivity contribution in [3.8, 4) is 0 Å². The predicted molar refractivity (Wildman–Crippen MR) is 119 cm³/mol. The van der Waals surface area contributed by atoms with Crippen LogP contribution in [0.1, 0.15) is 5.56 Å². The normalized spacial score (nSPS) is 11.0. The summed E-state index contributed by atoms with van der Waals surface area (Å²) in [5.41, 5.74) is 1.02. The molecule has 3 aromatic rings. The van der Waals surface area contributed by atoms with E-state index in [0.29, 0.717) is 16.3 Å². The van der Waals surface area contributed by atoms with Crippen LogP contribution in [0.5, 0.6) is 0 Å². The van der Waals surface area contributed by atoms with Gasteiger partial charge in [0.2, 0.25) is 5.91 Å². The molecule has 0 aromatic heterocycles. The summed E-state index contributed by atoms with van der Waals surface area (Å²) in [4.78, 5) is 23.1. The van der Waals surface area contributed by atoms with Gasteiger partial charge in [0.05, 0.1) is 15.5 Å². The highest BCUT2D eigenvalue weighted by atomic mass is 35.5. The lowest BCUT2D eigenvalue weighted by Gasteiger charge is -2.24. The molecule has 1 N–H and O–H groups in total. The average molecular weight is 460 g/mol. The van der Waals surface area contributed by atoms with Gasteiger partial charge in [-0.25, -0.2) is 8.42 Å². The van der Waals surface area contributed by atoms with E-state index in [1.807, 2.05) is 0 Å². The minimum absolute atomic E-state index is 0.0138. The number of nitrogens with zero attached hydrogens (tertiary/aromatic N) is 2. The number of non-ortho nitro benzene ring substituents is 1. The number of amides is 1. The minimum atomic E-state index is -4.12. The van der Waals surface area contributed by atoms with Crippen molar-refractivity contribution in [3.63, 3.8) is 0 Å². The Bertz CT molecular complexity index is 1220. The van der Waals surface area contributed by atoms with Gasteiger partial charge in [-0.15, -0.1) is 0 Å². The molecule has 10 heteroatoms. The first-order chi connectivity index (χ1) is 14.7. The topological polar surface area (TPSA) is 110 Å². The highest BCUT2D eigenvalue weighted by molar-refractivity contribution is 7.92. The maximum Gasteiger partial charge on any atom is 0.269 e. The highest BCUT2D eigenvalue weighted by Gasteiger charge is 2.27. The monoisotopic (exact) mass is 459 g/mol. The largest absolute Gasteiger partial charge is 0.324 e. The van der Waals surface area contributed by atoms with Crippen LogP contribution in [0.2, 0.25) is 5.02 Å². The second-order valence-electron chi connectivity index (χ2n) is 6.56. The van der Waals surface area contributed by atoms with Crippen molar-refractivity contribution < 1.29 is 18.1 Å². The van der Waals surface area contributed by atoms with Gasteiger partial charge in [-0.1, -0.05) is 35.9 Å². The SMILES string of the molecule is Cc1c(Cl)cccc1NC(=O)CN(c1ccc([N+](=O)[O-])cc1)S(=O)(=O)c1ccccc1. The summed E-state index contributed by atoms with van der Waals surface area (Å²) in [5.74, 6) is -0.594. The number of carbonyl (C=O) groups excluding carboxylic acids is 1. The quantitative estimate of drug-likeness (QED) is 0.416. The lowest BCUT2D eigenvalue weighted by atomic mass is 10.2. The maximum absolute atomic E-state index is 13.3. The summed E-state index contributed by atoms with van der Waals surface area (Å²) in [6, 6.07) is 17.6. The maximum atomic E-state index is 13.3. The molecular weight excluding hydrogens is 442 g/mol. The molecule has 0 heterocycles. The second-order valence-corrected chi connectivity index (χ2v) is 8.83. The van der Waals surface area contributed by atoms with E-state index in [-0.39, 0.29) is 16.3 Å². The molecule has 0 aliphatic rings. The molecule has 0 saturated heterocycles. The van der Waals surface area contributed by atoms with Crippen LogP contribution in [-0.2, 0) is 14.8 Å². The summed E-state index contributed by atoms with van der Waals surface area (Å²) < 4.78 is 27.4. The van der Waals surface area contributed by atoms with E-state index >= 15 is 0 Å². The standard InChI is InChI=1S/C21H18ClN3O5S/c1-15-19(22)8-5-9-20(15)23-21(26)14-24(16-10-12-17(13-11-16)25(27)28)31(29,30)18-6-3-2-4-7-18/h2-13H,14H2,1H3,(H,23,26). The molecule has 0 atom stereocenters. The number of sulfonamides is 1. The second kappa shape index (κ2) is 9.15. The van der Waals surface area contributed by atoms with Crippen LogP contribution < -0.4 is 9.62 Å². The van der Waals surface area contributed by atoms with Gasteiger partial charge >= 0.3 is 0 Å². The van der Waals surface area contributed by atoms with E-state index in [9.17, 15) is 23.3 Å². The zero-order chi connectivity index (χ0) is 22.6. The van der Waals surface area contributed by atoms with Crippen LogP contribution in [0, 0.1) is 17.0 Å². The number of halogens is 1. The Labute approximate surface area is 184 Å². The van der Waals surface area contributed by atoms with E-state index < -0.39 is 27.4 Å². The highest BCUT2D eigenvalue weighted by Crippen LogP contribution is 2.27. The number of hydrogen-bond donors (Lipinski definition) is 1. The summed E-state index contributed by atoms with van der Waals surface area (Å²) in [6.07, 6.45) is 0. The van der Waals surface area contributed by atoms with Gasteiger partial charge in [0.15, 0.2) is 0 Å². The van der Waals surface area contributed by atoms with Crippen molar-refractivity contribution in [2.45, 2.75) is 11.8 Å². The molecular formula is C21H18ClN3O5S. The molecule has 0 bridgehead atoms. The van der Waals surface area contributed by atoms with Crippen LogP contribution in [0.4, 0.5) is 17.1 Å². The average Bonchev–Trinajstić information content (AvgIpc) is 2.76. The number of nitro groups is 1. The van der Waals surface area contributed by atoms with Gasteiger partial charge in [-0.05, 0) is 48.9 Å². The fraction of sp³-hybridized carbons (Fsp3) is 0.0952. The van der Waals surface area contributed by atoms with Crippen LogP contribution in [-0.4, -0.2) is 25.8 Å². The molecule has 3 aromatic carbocycles. The first-order valence-corrected chi connectivity index (χ1v) is 10.9. The smallest absolute Gasteiger partial charge is 0.269 e. The van der Waals surface area contributed by atoms with Gasteiger partial charge < -0.3 is 5.32 Å². The number of hydrogen-bond acceptors (Lipinski definition) is 5. The Morgan fingerprint density at radius 1 is 1.03 bits per heavy atom. The molecule has 31 heavy (non-hydrogen) atoms. The molecule has 0 aliphatic carbocycles. The predicted octanol–water partition coefficient (Wildman–Crippen LogP) is 4.39. The molecule has 0 radical (unpaired) electrons. The molecule has 0 unspecified atom stereocenters. The van der Waals surface area contributed by atoms with E-state index in [0.717, 1.165) is 4.31 Å². The Balaban J connectivity index is 1.96. The van der Waals surface area contributed by atoms with Gasteiger partial charge in [0.25, 0.3) is 15.7 Å². The molecule has 3 rings (SSSR count). The minimum Gasteiger partial charge on any atom is -0.324 e. The van der Waals surface area contributed by atoms with Crippen molar-refractivity contribution in [2.75, 3.05) is 16.2 Å². The van der Waals surface area contributed by atoms with Gasteiger partial charge in [-0.3, -0.25) is 19.2 Å². The zero-order valence-electron chi connectivity index (χ0n) is 16.4. The van der Waals surface area contributed by atoms with Crippen molar-refractivity contribution in [3.05, 3.63) is 93.5 Å². The molecule has 0 spiro atoms. The summed E-state index contributed by atoms with van der Waals surface area (Å²) in [6.45, 7) is 1.19. The van der Waals surface area contributed by atoms with E-state index in [1.54, 1.807) is 43.3 Å². The zero-order valence-corrected chi connectivity index (χ0v) is 17.9. The first kappa shape index (κ1) is 22.3. The fourth-order valence-corrected chi connectivity index (χ4v) is 4.45. The van der Waals surface area contributed by atoms with Crippen molar-refractivity contribution in [1.29, 1.82) is 0 Å². The summed E-state index contributed by atoms with van der Waals surface area (Å²) >= 11 is 6.08. The number of benzene rings is 3. The fourth-order valence-electron chi connectivity index (χ4n) is 2.84. The molecule has 0 saturated carbocycles. The number of carbonyl (C=O) groups is 1. The molecule has 1 amide bonds. The van der Waals surface area contributed by atoms with Crippen LogP contribution >= 0.6 is 11.6 Å². The van der Waals surface area contributed by atoms with Crippen LogP contribution in [0.15, 0.2) is 77.7 Å². The van der Waals surface area contributed by atoms with Crippen molar-refractivity contribution in [1.82, 2.24) is 0 Å². The number of nitrogens with one attached hydrogen (secondary N) is 1.